The van der Waals surface area contributed by atoms with E-state index in [0.717, 1.165) is 18.7 Å². The maximum absolute atomic E-state index is 8.69. The SMILES string of the molecule is CC(CCO)NCc1ccnn1C. The average Bonchev–Trinajstić information content (AvgIpc) is 2.48. The van der Waals surface area contributed by atoms with Gasteiger partial charge in [-0.15, -0.1) is 0 Å². The second-order valence-electron chi connectivity index (χ2n) is 3.24. The van der Waals surface area contributed by atoms with Crippen molar-refractivity contribution in [2.75, 3.05) is 6.61 Å². The van der Waals surface area contributed by atoms with Crippen molar-refractivity contribution in [3.05, 3.63) is 18.0 Å². The molecule has 0 aromatic carbocycles. The van der Waals surface area contributed by atoms with Crippen molar-refractivity contribution in [2.24, 2.45) is 7.05 Å². The first-order valence-corrected chi connectivity index (χ1v) is 4.55. The third-order valence-corrected chi connectivity index (χ3v) is 2.12. The molecular weight excluding hydrogens is 166 g/mol. The minimum absolute atomic E-state index is 0.236. The van der Waals surface area contributed by atoms with Gasteiger partial charge in [-0.05, 0) is 19.4 Å². The number of hydrogen-bond donors (Lipinski definition) is 2. The summed E-state index contributed by atoms with van der Waals surface area (Å²) in [6.45, 7) is 3.10. The van der Waals surface area contributed by atoms with Gasteiger partial charge in [-0.25, -0.2) is 0 Å². The van der Waals surface area contributed by atoms with Crippen LogP contribution in [0, 0.1) is 0 Å². The van der Waals surface area contributed by atoms with Gasteiger partial charge in [0.05, 0.1) is 5.69 Å². The lowest BCUT2D eigenvalue weighted by molar-refractivity contribution is 0.268. The molecule has 0 spiro atoms. The van der Waals surface area contributed by atoms with Crippen LogP contribution in [-0.4, -0.2) is 27.5 Å². The molecule has 13 heavy (non-hydrogen) atoms. The maximum atomic E-state index is 8.69. The number of nitrogens with one attached hydrogen (secondary N) is 1. The van der Waals surface area contributed by atoms with Crippen LogP contribution >= 0.6 is 0 Å². The lowest BCUT2D eigenvalue weighted by Gasteiger charge is -2.11. The second-order valence-corrected chi connectivity index (χ2v) is 3.24. The lowest BCUT2D eigenvalue weighted by atomic mass is 10.2. The Morgan fingerprint density at radius 1 is 1.69 bits per heavy atom. The van der Waals surface area contributed by atoms with Crippen LogP contribution < -0.4 is 5.32 Å². The van der Waals surface area contributed by atoms with Crippen molar-refractivity contribution in [1.29, 1.82) is 0 Å². The molecule has 4 nitrogen and oxygen atoms in total. The first-order valence-electron chi connectivity index (χ1n) is 4.55. The predicted octanol–water partition coefficient (Wildman–Crippen LogP) is 0.281. The molecule has 0 bridgehead atoms. The molecule has 0 radical (unpaired) electrons. The summed E-state index contributed by atoms with van der Waals surface area (Å²) < 4.78 is 1.85. The van der Waals surface area contributed by atoms with E-state index >= 15 is 0 Å². The Morgan fingerprint density at radius 2 is 2.46 bits per heavy atom. The summed E-state index contributed by atoms with van der Waals surface area (Å²) in [4.78, 5) is 0. The van der Waals surface area contributed by atoms with Crippen molar-refractivity contribution in [1.82, 2.24) is 15.1 Å². The van der Waals surface area contributed by atoms with Crippen molar-refractivity contribution in [3.8, 4) is 0 Å². The fourth-order valence-corrected chi connectivity index (χ4v) is 1.15. The monoisotopic (exact) mass is 183 g/mol. The third kappa shape index (κ3) is 3.16. The Balaban J connectivity index is 2.30. The van der Waals surface area contributed by atoms with E-state index in [-0.39, 0.29) is 6.61 Å². The Hall–Kier alpha value is -0.870. The summed E-state index contributed by atoms with van der Waals surface area (Å²) in [7, 11) is 1.92. The number of aryl methyl sites for hydroxylation is 1. The second kappa shape index (κ2) is 4.99. The standard InChI is InChI=1S/C9H17N3O/c1-8(4-6-13)10-7-9-3-5-11-12(9)2/h3,5,8,10,13H,4,6-7H2,1-2H3. The maximum Gasteiger partial charge on any atom is 0.0518 e. The molecule has 74 valence electrons. The normalized spacial score (nSPS) is 13.2. The Morgan fingerprint density at radius 3 is 3.00 bits per heavy atom. The highest BCUT2D eigenvalue weighted by atomic mass is 16.3. The van der Waals surface area contributed by atoms with Crippen LogP contribution in [0.4, 0.5) is 0 Å². The molecule has 1 heterocycles. The summed E-state index contributed by atoms with van der Waals surface area (Å²) in [6.07, 6.45) is 2.57. The Bertz CT molecular complexity index is 247. The van der Waals surface area contributed by atoms with Gasteiger partial charge in [-0.3, -0.25) is 4.68 Å². The van der Waals surface area contributed by atoms with Gasteiger partial charge in [-0.1, -0.05) is 0 Å². The van der Waals surface area contributed by atoms with Crippen LogP contribution in [0.1, 0.15) is 19.0 Å². The van der Waals surface area contributed by atoms with Gasteiger partial charge < -0.3 is 10.4 Å². The van der Waals surface area contributed by atoms with E-state index in [2.05, 4.69) is 17.3 Å². The Kier molecular flexibility index (Phi) is 3.92. The van der Waals surface area contributed by atoms with E-state index in [0.29, 0.717) is 6.04 Å². The van der Waals surface area contributed by atoms with Crippen LogP contribution in [0.3, 0.4) is 0 Å². The number of hydrogen-bond acceptors (Lipinski definition) is 3. The fraction of sp³-hybridized carbons (Fsp3) is 0.667. The van der Waals surface area contributed by atoms with Crippen molar-refractivity contribution < 1.29 is 5.11 Å². The van der Waals surface area contributed by atoms with Crippen LogP contribution in [-0.2, 0) is 13.6 Å². The molecule has 1 atom stereocenters. The molecule has 0 aliphatic carbocycles. The van der Waals surface area contributed by atoms with E-state index in [1.165, 1.54) is 0 Å². The summed E-state index contributed by atoms with van der Waals surface area (Å²) in [5.74, 6) is 0. The van der Waals surface area contributed by atoms with Gasteiger partial charge in [0.15, 0.2) is 0 Å². The number of rotatable bonds is 5. The van der Waals surface area contributed by atoms with Crippen molar-refractivity contribution in [2.45, 2.75) is 25.9 Å². The number of aliphatic hydroxyl groups is 1. The van der Waals surface area contributed by atoms with E-state index in [4.69, 9.17) is 5.11 Å². The van der Waals surface area contributed by atoms with E-state index in [9.17, 15) is 0 Å². The third-order valence-electron chi connectivity index (χ3n) is 2.12. The molecule has 0 saturated heterocycles. The first kappa shape index (κ1) is 10.2. The molecule has 1 aromatic heterocycles. The molecule has 0 aliphatic heterocycles. The number of aromatic nitrogens is 2. The molecular formula is C9H17N3O. The predicted molar refractivity (Wildman–Crippen MR) is 51.2 cm³/mol. The highest BCUT2D eigenvalue weighted by molar-refractivity contribution is 4.99. The van der Waals surface area contributed by atoms with Gasteiger partial charge in [-0.2, -0.15) is 5.10 Å². The van der Waals surface area contributed by atoms with Crippen LogP contribution in [0.5, 0.6) is 0 Å². The van der Waals surface area contributed by atoms with Gasteiger partial charge in [0, 0.05) is 32.4 Å². The molecule has 2 N–H and O–H groups in total. The van der Waals surface area contributed by atoms with Gasteiger partial charge in [0.25, 0.3) is 0 Å². The molecule has 0 aliphatic rings. The fourth-order valence-electron chi connectivity index (χ4n) is 1.15. The minimum atomic E-state index is 0.236. The van der Waals surface area contributed by atoms with Crippen molar-refractivity contribution in [3.63, 3.8) is 0 Å². The van der Waals surface area contributed by atoms with Crippen LogP contribution in [0.2, 0.25) is 0 Å². The summed E-state index contributed by atoms with van der Waals surface area (Å²) in [5.41, 5.74) is 1.16. The molecule has 0 saturated carbocycles. The smallest absolute Gasteiger partial charge is 0.0518 e. The van der Waals surface area contributed by atoms with Crippen molar-refractivity contribution >= 4 is 0 Å². The van der Waals surface area contributed by atoms with E-state index in [1.54, 1.807) is 6.20 Å². The highest BCUT2D eigenvalue weighted by Gasteiger charge is 2.02. The summed E-state index contributed by atoms with van der Waals surface area (Å²) >= 11 is 0. The highest BCUT2D eigenvalue weighted by Crippen LogP contribution is 1.97. The van der Waals surface area contributed by atoms with Crippen LogP contribution in [0.25, 0.3) is 0 Å². The zero-order valence-corrected chi connectivity index (χ0v) is 8.20. The number of aliphatic hydroxyl groups excluding tert-OH is 1. The summed E-state index contributed by atoms with van der Waals surface area (Å²) in [6, 6.07) is 2.33. The van der Waals surface area contributed by atoms with E-state index < -0.39 is 0 Å². The van der Waals surface area contributed by atoms with Gasteiger partial charge in [0.2, 0.25) is 0 Å². The zero-order chi connectivity index (χ0) is 9.68. The van der Waals surface area contributed by atoms with Gasteiger partial charge >= 0.3 is 0 Å². The molecule has 1 rings (SSSR count). The molecule has 1 unspecified atom stereocenters. The molecule has 0 amide bonds. The first-order chi connectivity index (χ1) is 6.24. The number of nitrogens with zero attached hydrogens (tertiary/aromatic N) is 2. The largest absolute Gasteiger partial charge is 0.396 e. The Labute approximate surface area is 78.6 Å². The molecule has 4 heteroatoms. The average molecular weight is 183 g/mol. The topological polar surface area (TPSA) is 50.1 Å². The van der Waals surface area contributed by atoms with E-state index in [1.807, 2.05) is 17.8 Å². The zero-order valence-electron chi connectivity index (χ0n) is 8.20. The van der Waals surface area contributed by atoms with Crippen LogP contribution in [0.15, 0.2) is 12.3 Å². The molecule has 0 fully saturated rings. The lowest BCUT2D eigenvalue weighted by Crippen LogP contribution is -2.27. The molecule has 1 aromatic rings. The minimum Gasteiger partial charge on any atom is -0.396 e. The van der Waals surface area contributed by atoms with Gasteiger partial charge in [0.1, 0.15) is 0 Å². The quantitative estimate of drug-likeness (QED) is 0.689. The summed E-state index contributed by atoms with van der Waals surface area (Å²) in [5, 5.41) is 16.1.